The van der Waals surface area contributed by atoms with Gasteiger partial charge in [0.2, 0.25) is 0 Å². The van der Waals surface area contributed by atoms with Crippen LogP contribution in [0.1, 0.15) is 0 Å². The fourth-order valence-electron chi connectivity index (χ4n) is 0. The first-order chi connectivity index (χ1) is 1.91. The first-order valence-electron chi connectivity index (χ1n) is 1.21. The number of hydrogen-bond donors (Lipinski definition) is 0. The van der Waals surface area contributed by atoms with Crippen molar-refractivity contribution in [1.82, 2.24) is 0 Å². The third kappa shape index (κ3) is 199. The molecule has 62 valence electrons. The zero-order valence-electron chi connectivity index (χ0n) is 4.77. The van der Waals surface area contributed by atoms with Crippen LogP contribution in [0.3, 0.4) is 0 Å². The summed E-state index contributed by atoms with van der Waals surface area (Å²) < 4.78 is 0. The van der Waals surface area contributed by atoms with Crippen LogP contribution in [0.4, 0.5) is 0 Å². The number of rotatable bonds is 1. The molecule has 0 atom stereocenters. The molecule has 6 nitrogen and oxygen atoms in total. The van der Waals surface area contributed by atoms with Gasteiger partial charge in [0.15, 0.2) is 0 Å². The van der Waals surface area contributed by atoms with Gasteiger partial charge in [0.25, 0.3) is 0 Å². The van der Waals surface area contributed by atoms with E-state index in [-0.39, 0.29) is 52.1 Å². The fourth-order valence-corrected chi connectivity index (χ4v) is 0. The van der Waals surface area contributed by atoms with Gasteiger partial charge >= 0.3 is 17.1 Å². The molecular weight excluding hydrogens is 172 g/mol. The van der Waals surface area contributed by atoms with E-state index in [1.54, 1.807) is 0 Å². The zero-order valence-corrected chi connectivity index (χ0v) is 5.87. The summed E-state index contributed by atoms with van der Waals surface area (Å²) in [6.07, 6.45) is 0. The van der Waals surface area contributed by atoms with Crippen molar-refractivity contribution in [2.75, 3.05) is 13.1 Å². The molecule has 0 aromatic heterocycles. The molecule has 0 bridgehead atoms. The van der Waals surface area contributed by atoms with E-state index in [1.807, 2.05) is 0 Å². The van der Waals surface area contributed by atoms with Crippen molar-refractivity contribution in [2.45, 2.75) is 0 Å². The quantitative estimate of drug-likeness (QED) is 0.404. The number of nitrogens with one attached hydrogen (secondary N) is 2. The first-order valence-corrected chi connectivity index (χ1v) is 1.21. The van der Waals surface area contributed by atoms with E-state index in [0.717, 1.165) is 0 Å². The molecule has 0 saturated carbocycles. The van der Waals surface area contributed by atoms with E-state index in [4.69, 9.17) is 11.5 Å². The zero-order chi connectivity index (χ0) is 3.41. The normalized spacial score (nSPS) is 3.33. The topological polar surface area (TPSA) is 174 Å². The van der Waals surface area contributed by atoms with Crippen LogP contribution in [-0.2, 0) is 17.1 Å². The molecule has 0 aliphatic carbocycles. The maximum atomic E-state index is 6.26. The minimum absolute atomic E-state index is 0. The van der Waals surface area contributed by atoms with E-state index < -0.39 is 0 Å². The minimum atomic E-state index is 0. The van der Waals surface area contributed by atoms with Crippen LogP contribution < -0.4 is 0 Å². The molecule has 0 aromatic rings. The molecule has 0 saturated heterocycles. The predicted octanol–water partition coefficient (Wildman–Crippen LogP) is -2.21. The molecule has 0 unspecified atom stereocenters. The van der Waals surface area contributed by atoms with E-state index in [1.165, 1.54) is 0 Å². The second-order valence-electron chi connectivity index (χ2n) is 0.500. The van der Waals surface area contributed by atoms with Crippen LogP contribution in [0.2, 0.25) is 0 Å². The third-order valence-corrected chi connectivity index (χ3v) is 0.125. The number of hydrogen-bond acceptors (Lipinski definition) is 0. The molecule has 0 amide bonds. The van der Waals surface area contributed by atoms with Crippen LogP contribution in [0.5, 0.6) is 0 Å². The Hall–Kier alpha value is 0.279. The fraction of sp³-hybridized carbons (Fsp3) is 1.00. The molecule has 0 radical (unpaired) electrons. The molecule has 9 heavy (non-hydrogen) atoms. The van der Waals surface area contributed by atoms with Crippen molar-refractivity contribution >= 4 is 0 Å². The Morgan fingerprint density at radius 1 is 0.667 bits per heavy atom. The van der Waals surface area contributed by atoms with Gasteiger partial charge in [-0.2, -0.15) is 13.1 Å². The van der Waals surface area contributed by atoms with Gasteiger partial charge in [0.05, 0.1) is 0 Å². The Morgan fingerprint density at radius 2 is 0.778 bits per heavy atom. The van der Waals surface area contributed by atoms with E-state index in [9.17, 15) is 0 Å². The van der Waals surface area contributed by atoms with Gasteiger partial charge in [-0.1, -0.05) is 0 Å². The van der Waals surface area contributed by atoms with E-state index in [0.29, 0.717) is 0 Å². The molecule has 0 aliphatic rings. The Kier molecular flexibility index (Phi) is 555. The smallest absolute Gasteiger partial charge is 0.679 e. The van der Waals surface area contributed by atoms with Crippen LogP contribution in [-0.4, -0.2) is 35.0 Å². The summed E-state index contributed by atoms with van der Waals surface area (Å²) in [5.74, 6) is 0. The average molecular weight is 186 g/mol. The molecule has 0 spiro atoms. The van der Waals surface area contributed by atoms with Crippen molar-refractivity contribution in [3.63, 3.8) is 0 Å². The Labute approximate surface area is 64.3 Å². The van der Waals surface area contributed by atoms with Gasteiger partial charge in [-0.15, -0.1) is 0 Å². The Balaban J connectivity index is -0.00000000450. The van der Waals surface area contributed by atoms with Crippen molar-refractivity contribution in [2.24, 2.45) is 0 Å². The summed E-state index contributed by atoms with van der Waals surface area (Å²) in [7, 11) is 0. The van der Waals surface area contributed by atoms with Gasteiger partial charge in [0.1, 0.15) is 0 Å². The standard InChI is InChI=1S/C2H6N2.Fe.4H2O/c3-1-2-4;;;;;/h3-4H,1-2H2;;4*1H2/q-2;+4;;;;. The molecular formula is C2H14FeN2O4+2. The maximum Gasteiger partial charge on any atom is 4.00 e. The molecule has 0 aromatic carbocycles. The minimum Gasteiger partial charge on any atom is -0.679 e. The molecule has 10 N–H and O–H groups in total. The van der Waals surface area contributed by atoms with Gasteiger partial charge in [-0.05, 0) is 0 Å². The summed E-state index contributed by atoms with van der Waals surface area (Å²) in [4.78, 5) is 0. The summed E-state index contributed by atoms with van der Waals surface area (Å²) in [6, 6.07) is 0. The summed E-state index contributed by atoms with van der Waals surface area (Å²) >= 11 is 0. The largest absolute Gasteiger partial charge is 4.00 e. The predicted molar refractivity (Wildman–Crippen MR) is 32.8 cm³/mol. The second kappa shape index (κ2) is 84.4. The maximum absolute atomic E-state index is 6.26. The average Bonchev–Trinajstić information content (AvgIpc) is 1.37. The third-order valence-electron chi connectivity index (χ3n) is 0.125. The van der Waals surface area contributed by atoms with Crippen molar-refractivity contribution < 1.29 is 39.0 Å². The van der Waals surface area contributed by atoms with Crippen LogP contribution in [0.25, 0.3) is 11.5 Å². The van der Waals surface area contributed by atoms with Gasteiger partial charge < -0.3 is 33.4 Å². The molecule has 0 aliphatic heterocycles. The molecule has 7 heteroatoms. The van der Waals surface area contributed by atoms with Crippen molar-refractivity contribution in [3.05, 3.63) is 11.5 Å². The first kappa shape index (κ1) is 59.1. The van der Waals surface area contributed by atoms with Gasteiger partial charge in [0, 0.05) is 0 Å². The SMILES string of the molecule is O.O.O.O.[Fe+4].[NH-]CC[NH-]. The van der Waals surface area contributed by atoms with E-state index in [2.05, 4.69) is 0 Å². The molecule has 0 rings (SSSR count). The van der Waals surface area contributed by atoms with Crippen LogP contribution >= 0.6 is 0 Å². The summed E-state index contributed by atoms with van der Waals surface area (Å²) in [5.41, 5.74) is 12.5. The summed E-state index contributed by atoms with van der Waals surface area (Å²) in [5, 5.41) is 0. The Morgan fingerprint density at radius 3 is 0.778 bits per heavy atom. The van der Waals surface area contributed by atoms with Gasteiger partial charge in [-0.3, -0.25) is 0 Å². The monoisotopic (exact) mass is 186 g/mol. The van der Waals surface area contributed by atoms with Crippen molar-refractivity contribution in [3.8, 4) is 0 Å². The second-order valence-corrected chi connectivity index (χ2v) is 0.500. The van der Waals surface area contributed by atoms with Crippen LogP contribution in [0.15, 0.2) is 0 Å². The van der Waals surface area contributed by atoms with E-state index >= 15 is 0 Å². The van der Waals surface area contributed by atoms with Gasteiger partial charge in [-0.25, -0.2) is 0 Å². The van der Waals surface area contributed by atoms with Crippen molar-refractivity contribution in [1.29, 1.82) is 0 Å². The summed E-state index contributed by atoms with van der Waals surface area (Å²) in [6.45, 7) is 0.472. The Bertz CT molecular complexity index is 18.5. The molecule has 0 heterocycles. The molecule has 0 fully saturated rings. The van der Waals surface area contributed by atoms with Crippen LogP contribution in [0, 0.1) is 0 Å².